The van der Waals surface area contributed by atoms with E-state index in [1.165, 1.54) is 24.3 Å². The summed E-state index contributed by atoms with van der Waals surface area (Å²) in [5.41, 5.74) is -1.83. The molecule has 1 heterocycles. The summed E-state index contributed by atoms with van der Waals surface area (Å²) in [6.45, 7) is -0.433. The van der Waals surface area contributed by atoms with Crippen LogP contribution in [0, 0.1) is 0 Å². The molecule has 0 aromatic heterocycles. The maximum atomic E-state index is 12.7. The summed E-state index contributed by atoms with van der Waals surface area (Å²) in [7, 11) is 0. The van der Waals surface area contributed by atoms with Crippen molar-refractivity contribution in [1.82, 2.24) is 0 Å². The maximum absolute atomic E-state index is 12.7. The molecule has 110 valence electrons. The highest BCUT2D eigenvalue weighted by atomic mass is 17.2. The number of carbonyl (C=O) groups excluding carboxylic acids is 3. The third-order valence-electron chi connectivity index (χ3n) is 3.48. The molecule has 22 heavy (non-hydrogen) atoms. The van der Waals surface area contributed by atoms with Crippen LogP contribution in [0.1, 0.15) is 20.7 Å². The van der Waals surface area contributed by atoms with Gasteiger partial charge in [-0.1, -0.05) is 60.7 Å². The van der Waals surface area contributed by atoms with Crippen molar-refractivity contribution in [3.8, 4) is 0 Å². The largest absolute Gasteiger partial charge is 0.292 e. The Labute approximate surface area is 126 Å². The Kier molecular flexibility index (Phi) is 3.66. The van der Waals surface area contributed by atoms with E-state index in [2.05, 4.69) is 4.89 Å². The lowest BCUT2D eigenvalue weighted by Crippen LogP contribution is -2.52. The van der Waals surface area contributed by atoms with Gasteiger partial charge in [0.15, 0.2) is 0 Å². The summed E-state index contributed by atoms with van der Waals surface area (Å²) in [6, 6.07) is 16.2. The smallest absolute Gasteiger partial charge is 0.287 e. The van der Waals surface area contributed by atoms with E-state index >= 15 is 0 Å². The molecule has 0 spiro atoms. The van der Waals surface area contributed by atoms with Crippen LogP contribution in [0.25, 0.3) is 0 Å². The molecule has 0 saturated carbocycles. The molecular formula is C17H12O5. The Morgan fingerprint density at radius 2 is 1.27 bits per heavy atom. The van der Waals surface area contributed by atoms with Crippen molar-refractivity contribution in [2.24, 2.45) is 0 Å². The summed E-state index contributed by atoms with van der Waals surface area (Å²) < 4.78 is 0. The fraction of sp³-hybridized carbons (Fsp3) is 0.118. The van der Waals surface area contributed by atoms with Crippen LogP contribution >= 0.6 is 0 Å². The zero-order chi connectivity index (χ0) is 15.6. The molecule has 2 aromatic rings. The maximum Gasteiger partial charge on any atom is 0.287 e. The van der Waals surface area contributed by atoms with E-state index in [0.717, 1.165) is 0 Å². The van der Waals surface area contributed by atoms with E-state index in [-0.39, 0.29) is 11.1 Å². The highest BCUT2D eigenvalue weighted by Gasteiger charge is 2.58. The second-order valence-corrected chi connectivity index (χ2v) is 4.84. The monoisotopic (exact) mass is 296 g/mol. The van der Waals surface area contributed by atoms with Gasteiger partial charge in [-0.05, 0) is 0 Å². The molecule has 0 bridgehead atoms. The number of hydrogen-bond donors (Lipinski definition) is 0. The third-order valence-corrected chi connectivity index (χ3v) is 3.48. The molecule has 2 aromatic carbocycles. The van der Waals surface area contributed by atoms with Crippen LogP contribution in [0.2, 0.25) is 0 Å². The molecule has 0 unspecified atom stereocenters. The number of carbonyl (C=O) groups is 3. The zero-order valence-electron chi connectivity index (χ0n) is 11.5. The van der Waals surface area contributed by atoms with Gasteiger partial charge >= 0.3 is 0 Å². The Morgan fingerprint density at radius 3 is 1.64 bits per heavy atom. The average molecular weight is 296 g/mol. The lowest BCUT2D eigenvalue weighted by molar-refractivity contribution is -0.280. The van der Waals surface area contributed by atoms with E-state index in [4.69, 9.17) is 4.89 Å². The first-order chi connectivity index (χ1) is 10.7. The number of benzene rings is 2. The molecule has 1 fully saturated rings. The van der Waals surface area contributed by atoms with Crippen molar-refractivity contribution in [2.75, 3.05) is 6.61 Å². The molecule has 5 nitrogen and oxygen atoms in total. The van der Waals surface area contributed by atoms with Crippen LogP contribution in [-0.4, -0.2) is 29.6 Å². The standard InChI is InChI=1S/C17H12O5/c18-14-11-21-22-17(14,15(19)12-7-3-1-4-8-12)16(20)13-9-5-2-6-10-13/h1-10H,11H2. The average Bonchev–Trinajstić information content (AvgIpc) is 2.97. The first-order valence-corrected chi connectivity index (χ1v) is 6.70. The van der Waals surface area contributed by atoms with Gasteiger partial charge in [-0.3, -0.25) is 14.4 Å². The Morgan fingerprint density at radius 1 is 0.818 bits per heavy atom. The van der Waals surface area contributed by atoms with Crippen molar-refractivity contribution in [3.05, 3.63) is 71.8 Å². The summed E-state index contributed by atoms with van der Waals surface area (Å²) in [4.78, 5) is 47.3. The highest BCUT2D eigenvalue weighted by molar-refractivity contribution is 6.36. The van der Waals surface area contributed by atoms with E-state index in [1.54, 1.807) is 36.4 Å². The first kappa shape index (κ1) is 14.3. The van der Waals surface area contributed by atoms with Gasteiger partial charge in [0.05, 0.1) is 0 Å². The van der Waals surface area contributed by atoms with Crippen LogP contribution < -0.4 is 0 Å². The fourth-order valence-electron chi connectivity index (χ4n) is 2.34. The Hall–Kier alpha value is -2.63. The Bertz CT molecular complexity index is 670. The molecule has 0 atom stereocenters. The molecule has 0 N–H and O–H groups in total. The van der Waals surface area contributed by atoms with Crippen molar-refractivity contribution >= 4 is 17.3 Å². The highest BCUT2D eigenvalue weighted by Crippen LogP contribution is 2.29. The lowest BCUT2D eigenvalue weighted by atomic mass is 9.82. The predicted octanol–water partition coefficient (Wildman–Crippen LogP) is 2.02. The fourth-order valence-corrected chi connectivity index (χ4v) is 2.34. The van der Waals surface area contributed by atoms with Gasteiger partial charge in [-0.2, -0.15) is 0 Å². The summed E-state index contributed by atoms with van der Waals surface area (Å²) >= 11 is 0. The molecule has 1 saturated heterocycles. The first-order valence-electron chi connectivity index (χ1n) is 6.70. The van der Waals surface area contributed by atoms with Crippen LogP contribution in [0.15, 0.2) is 60.7 Å². The molecule has 0 amide bonds. The van der Waals surface area contributed by atoms with Gasteiger partial charge in [-0.15, -0.1) is 0 Å². The van der Waals surface area contributed by atoms with E-state index in [0.29, 0.717) is 0 Å². The normalized spacial score (nSPS) is 16.5. The van der Waals surface area contributed by atoms with Gasteiger partial charge in [0, 0.05) is 11.1 Å². The molecule has 5 heteroatoms. The molecule has 1 aliphatic heterocycles. The predicted molar refractivity (Wildman–Crippen MR) is 76.3 cm³/mol. The van der Waals surface area contributed by atoms with Gasteiger partial charge in [0.2, 0.25) is 17.3 Å². The summed E-state index contributed by atoms with van der Waals surface area (Å²) in [6.07, 6.45) is 0. The minimum absolute atomic E-state index is 0.214. The van der Waals surface area contributed by atoms with Crippen molar-refractivity contribution in [2.45, 2.75) is 5.60 Å². The van der Waals surface area contributed by atoms with Gasteiger partial charge < -0.3 is 0 Å². The zero-order valence-corrected chi connectivity index (χ0v) is 11.5. The molecule has 0 aliphatic carbocycles. The molecule has 0 radical (unpaired) electrons. The lowest BCUT2D eigenvalue weighted by Gasteiger charge is -2.21. The van der Waals surface area contributed by atoms with E-state index in [9.17, 15) is 14.4 Å². The second kappa shape index (κ2) is 5.63. The minimum atomic E-state index is -2.26. The van der Waals surface area contributed by atoms with Crippen LogP contribution in [-0.2, 0) is 14.6 Å². The van der Waals surface area contributed by atoms with Crippen LogP contribution in [0.4, 0.5) is 0 Å². The van der Waals surface area contributed by atoms with Crippen molar-refractivity contribution < 1.29 is 24.2 Å². The number of Topliss-reactive ketones (excluding diaryl/α,β-unsaturated/α-hetero) is 3. The number of ketones is 3. The van der Waals surface area contributed by atoms with Gasteiger partial charge in [0.25, 0.3) is 5.60 Å². The SMILES string of the molecule is O=C1COOC1(C(=O)c1ccccc1)C(=O)c1ccccc1. The van der Waals surface area contributed by atoms with Crippen molar-refractivity contribution in [1.29, 1.82) is 0 Å². The number of rotatable bonds is 4. The topological polar surface area (TPSA) is 69.7 Å². The van der Waals surface area contributed by atoms with Crippen LogP contribution in [0.3, 0.4) is 0 Å². The summed E-state index contributed by atoms with van der Waals surface area (Å²) in [5.74, 6) is -2.14. The van der Waals surface area contributed by atoms with Gasteiger partial charge in [-0.25, -0.2) is 9.78 Å². The van der Waals surface area contributed by atoms with E-state index < -0.39 is 29.6 Å². The molecular weight excluding hydrogens is 284 g/mol. The van der Waals surface area contributed by atoms with Crippen LogP contribution in [0.5, 0.6) is 0 Å². The summed E-state index contributed by atoms with van der Waals surface area (Å²) in [5, 5.41) is 0. The van der Waals surface area contributed by atoms with Gasteiger partial charge in [0.1, 0.15) is 6.61 Å². The third kappa shape index (κ3) is 2.16. The minimum Gasteiger partial charge on any atom is -0.292 e. The van der Waals surface area contributed by atoms with Crippen molar-refractivity contribution in [3.63, 3.8) is 0 Å². The Balaban J connectivity index is 2.09. The number of hydrogen-bond acceptors (Lipinski definition) is 5. The molecule has 1 aliphatic rings. The quantitative estimate of drug-likeness (QED) is 0.490. The van der Waals surface area contributed by atoms with E-state index in [1.807, 2.05) is 0 Å². The second-order valence-electron chi connectivity index (χ2n) is 4.84. The molecule has 3 rings (SSSR count).